The van der Waals surface area contributed by atoms with Crippen molar-refractivity contribution in [2.24, 2.45) is 5.92 Å². The van der Waals surface area contributed by atoms with Gasteiger partial charge in [-0.25, -0.2) is 4.39 Å². The van der Waals surface area contributed by atoms with Gasteiger partial charge >= 0.3 is 0 Å². The van der Waals surface area contributed by atoms with Crippen molar-refractivity contribution in [3.8, 4) is 0 Å². The Bertz CT molecular complexity index is 723. The molecule has 27 heavy (non-hydrogen) atoms. The number of amides is 3. The molecule has 0 radical (unpaired) electrons. The van der Waals surface area contributed by atoms with Gasteiger partial charge < -0.3 is 15.1 Å². The summed E-state index contributed by atoms with van der Waals surface area (Å²) in [4.78, 5) is 40.1. The van der Waals surface area contributed by atoms with Crippen molar-refractivity contribution in [2.45, 2.75) is 39.0 Å². The average molecular weight is 375 g/mol. The van der Waals surface area contributed by atoms with Crippen LogP contribution in [0.4, 0.5) is 10.1 Å². The standard InChI is InChI=1S/C20H26FN3O3/c1-14(25)22-16-5-6-18(21)17(13-16)20(27)24-11-7-15(8-12-24)19(26)23-9-3-2-4-10-23/h5-6,13,15H,2-4,7-12H2,1H3,(H,22,25). The molecular formula is C20H26FN3O3. The molecule has 0 atom stereocenters. The molecule has 2 fully saturated rings. The Labute approximate surface area is 158 Å². The van der Waals surface area contributed by atoms with Gasteiger partial charge in [-0.15, -0.1) is 0 Å². The van der Waals surface area contributed by atoms with Crippen molar-refractivity contribution in [3.63, 3.8) is 0 Å². The van der Waals surface area contributed by atoms with Crippen LogP contribution in [-0.2, 0) is 9.59 Å². The van der Waals surface area contributed by atoms with E-state index in [0.717, 1.165) is 25.9 Å². The Morgan fingerprint density at radius 1 is 1.00 bits per heavy atom. The van der Waals surface area contributed by atoms with Crippen molar-refractivity contribution in [1.82, 2.24) is 9.80 Å². The van der Waals surface area contributed by atoms with Crippen molar-refractivity contribution in [3.05, 3.63) is 29.6 Å². The fourth-order valence-electron chi connectivity index (χ4n) is 3.84. The van der Waals surface area contributed by atoms with Gasteiger partial charge in [-0.2, -0.15) is 0 Å². The van der Waals surface area contributed by atoms with Gasteiger partial charge in [-0.1, -0.05) is 0 Å². The highest BCUT2D eigenvalue weighted by molar-refractivity contribution is 5.97. The van der Waals surface area contributed by atoms with Crippen LogP contribution in [0, 0.1) is 11.7 Å². The van der Waals surface area contributed by atoms with Crippen LogP contribution in [0.5, 0.6) is 0 Å². The summed E-state index contributed by atoms with van der Waals surface area (Å²) >= 11 is 0. The van der Waals surface area contributed by atoms with E-state index < -0.39 is 11.7 Å². The second-order valence-corrected chi connectivity index (χ2v) is 7.33. The van der Waals surface area contributed by atoms with Gasteiger partial charge in [0.25, 0.3) is 5.91 Å². The predicted octanol–water partition coefficient (Wildman–Crippen LogP) is 2.65. The number of hydrogen-bond donors (Lipinski definition) is 1. The number of piperidine rings is 2. The number of anilines is 1. The second kappa shape index (κ2) is 8.50. The number of nitrogens with zero attached hydrogens (tertiary/aromatic N) is 2. The molecule has 146 valence electrons. The van der Waals surface area contributed by atoms with E-state index in [1.807, 2.05) is 4.90 Å². The van der Waals surface area contributed by atoms with E-state index in [4.69, 9.17) is 0 Å². The van der Waals surface area contributed by atoms with Crippen LogP contribution >= 0.6 is 0 Å². The Kier molecular flexibility index (Phi) is 6.08. The van der Waals surface area contributed by atoms with Gasteiger partial charge in [0.2, 0.25) is 11.8 Å². The normalized spacial score (nSPS) is 18.3. The summed E-state index contributed by atoms with van der Waals surface area (Å²) < 4.78 is 14.1. The largest absolute Gasteiger partial charge is 0.342 e. The van der Waals surface area contributed by atoms with Gasteiger partial charge in [-0.3, -0.25) is 14.4 Å². The molecule has 2 saturated heterocycles. The number of carbonyl (C=O) groups excluding carboxylic acids is 3. The molecule has 1 aromatic carbocycles. The van der Waals surface area contributed by atoms with Crippen LogP contribution in [-0.4, -0.2) is 53.7 Å². The zero-order valence-corrected chi connectivity index (χ0v) is 15.7. The van der Waals surface area contributed by atoms with Gasteiger partial charge in [-0.05, 0) is 50.3 Å². The quantitative estimate of drug-likeness (QED) is 0.883. The maximum absolute atomic E-state index is 14.1. The van der Waals surface area contributed by atoms with E-state index in [2.05, 4.69) is 5.32 Å². The van der Waals surface area contributed by atoms with Gasteiger partial charge in [0.05, 0.1) is 5.56 Å². The highest BCUT2D eigenvalue weighted by atomic mass is 19.1. The minimum absolute atomic E-state index is 0.0530. The molecular weight excluding hydrogens is 349 g/mol. The maximum Gasteiger partial charge on any atom is 0.256 e. The molecule has 0 aromatic heterocycles. The number of halogens is 1. The molecule has 0 saturated carbocycles. The second-order valence-electron chi connectivity index (χ2n) is 7.33. The molecule has 2 aliphatic rings. The Morgan fingerprint density at radius 3 is 2.30 bits per heavy atom. The van der Waals surface area contributed by atoms with Crippen molar-refractivity contribution >= 4 is 23.4 Å². The lowest BCUT2D eigenvalue weighted by Gasteiger charge is -2.35. The summed E-state index contributed by atoms with van der Waals surface area (Å²) in [5.74, 6) is -1.15. The Balaban J connectivity index is 1.61. The molecule has 7 heteroatoms. The third kappa shape index (κ3) is 4.64. The molecule has 0 aliphatic carbocycles. The minimum Gasteiger partial charge on any atom is -0.342 e. The SMILES string of the molecule is CC(=O)Nc1ccc(F)c(C(=O)N2CCC(C(=O)N3CCCCC3)CC2)c1. The molecule has 0 unspecified atom stereocenters. The molecule has 2 heterocycles. The first kappa shape index (κ1) is 19.3. The first-order chi connectivity index (χ1) is 13.0. The minimum atomic E-state index is -0.611. The lowest BCUT2D eigenvalue weighted by atomic mass is 9.94. The molecule has 1 N–H and O–H groups in total. The fraction of sp³-hybridized carbons (Fsp3) is 0.550. The van der Waals surface area contributed by atoms with Crippen molar-refractivity contribution in [1.29, 1.82) is 0 Å². The number of benzene rings is 1. The van der Waals surface area contributed by atoms with Crippen LogP contribution in [0.15, 0.2) is 18.2 Å². The molecule has 6 nitrogen and oxygen atoms in total. The number of hydrogen-bond acceptors (Lipinski definition) is 3. The van der Waals surface area contributed by atoms with E-state index in [-0.39, 0.29) is 23.3 Å². The van der Waals surface area contributed by atoms with E-state index in [9.17, 15) is 18.8 Å². The van der Waals surface area contributed by atoms with E-state index in [1.54, 1.807) is 4.90 Å². The summed E-state index contributed by atoms with van der Waals surface area (Å²) in [6.45, 7) is 3.90. The van der Waals surface area contributed by atoms with Crippen LogP contribution in [0.1, 0.15) is 49.4 Å². The lowest BCUT2D eigenvalue weighted by Crippen LogP contribution is -2.45. The fourth-order valence-corrected chi connectivity index (χ4v) is 3.84. The zero-order chi connectivity index (χ0) is 19.4. The van der Waals surface area contributed by atoms with Crippen LogP contribution in [0.3, 0.4) is 0 Å². The molecule has 0 bridgehead atoms. The lowest BCUT2D eigenvalue weighted by molar-refractivity contribution is -0.137. The third-order valence-corrected chi connectivity index (χ3v) is 5.32. The summed E-state index contributed by atoms with van der Waals surface area (Å²) in [6.07, 6.45) is 4.52. The Hall–Kier alpha value is -2.44. The topological polar surface area (TPSA) is 69.7 Å². The van der Waals surface area contributed by atoms with E-state index in [1.165, 1.54) is 31.5 Å². The number of carbonyl (C=O) groups is 3. The Morgan fingerprint density at radius 2 is 1.67 bits per heavy atom. The van der Waals surface area contributed by atoms with Gasteiger partial charge in [0.1, 0.15) is 5.82 Å². The first-order valence-electron chi connectivity index (χ1n) is 9.61. The summed E-state index contributed by atoms with van der Waals surface area (Å²) in [5.41, 5.74) is 0.337. The zero-order valence-electron chi connectivity index (χ0n) is 15.7. The van der Waals surface area contributed by atoms with Gasteiger partial charge in [0, 0.05) is 44.7 Å². The summed E-state index contributed by atoms with van der Waals surface area (Å²) in [5, 5.41) is 2.56. The van der Waals surface area contributed by atoms with E-state index in [0.29, 0.717) is 31.6 Å². The smallest absolute Gasteiger partial charge is 0.256 e. The number of likely N-dealkylation sites (tertiary alicyclic amines) is 2. The number of rotatable bonds is 3. The van der Waals surface area contributed by atoms with Crippen LogP contribution < -0.4 is 5.32 Å². The maximum atomic E-state index is 14.1. The summed E-state index contributed by atoms with van der Waals surface area (Å²) in [6, 6.07) is 3.98. The molecule has 2 aliphatic heterocycles. The molecule has 1 aromatic rings. The molecule has 3 amide bonds. The monoisotopic (exact) mass is 375 g/mol. The molecule has 0 spiro atoms. The van der Waals surface area contributed by atoms with Crippen molar-refractivity contribution in [2.75, 3.05) is 31.5 Å². The average Bonchev–Trinajstić information content (AvgIpc) is 2.69. The highest BCUT2D eigenvalue weighted by Crippen LogP contribution is 2.24. The van der Waals surface area contributed by atoms with E-state index >= 15 is 0 Å². The van der Waals surface area contributed by atoms with Crippen LogP contribution in [0.25, 0.3) is 0 Å². The van der Waals surface area contributed by atoms with Crippen molar-refractivity contribution < 1.29 is 18.8 Å². The summed E-state index contributed by atoms with van der Waals surface area (Å²) in [7, 11) is 0. The third-order valence-electron chi connectivity index (χ3n) is 5.32. The molecule has 3 rings (SSSR count). The predicted molar refractivity (Wildman–Crippen MR) is 99.8 cm³/mol. The first-order valence-corrected chi connectivity index (χ1v) is 9.61. The van der Waals surface area contributed by atoms with Crippen LogP contribution in [0.2, 0.25) is 0 Å². The van der Waals surface area contributed by atoms with Gasteiger partial charge in [0.15, 0.2) is 0 Å². The highest BCUT2D eigenvalue weighted by Gasteiger charge is 2.31. The number of nitrogens with one attached hydrogen (secondary N) is 1.